The van der Waals surface area contributed by atoms with Crippen molar-refractivity contribution in [1.82, 2.24) is 0 Å². The Morgan fingerprint density at radius 3 is 2.88 bits per heavy atom. The molecule has 0 aliphatic carbocycles. The molecule has 1 fully saturated rings. The molecule has 0 radical (unpaired) electrons. The quantitative estimate of drug-likeness (QED) is 0.779. The normalized spacial score (nSPS) is 20.9. The fourth-order valence-electron chi connectivity index (χ4n) is 2.36. The summed E-state index contributed by atoms with van der Waals surface area (Å²) < 4.78 is 5.25. The summed E-state index contributed by atoms with van der Waals surface area (Å²) in [7, 11) is 1.69. The maximum absolute atomic E-state index is 6.04. The summed E-state index contributed by atoms with van der Waals surface area (Å²) in [4.78, 5) is 2.39. The van der Waals surface area contributed by atoms with E-state index in [1.165, 1.54) is 19.3 Å². The molecule has 3 nitrogen and oxygen atoms in total. The smallest absolute Gasteiger partial charge is 0.121 e. The summed E-state index contributed by atoms with van der Waals surface area (Å²) >= 11 is 0. The topological polar surface area (TPSA) is 38.5 Å². The van der Waals surface area contributed by atoms with Crippen LogP contribution in [0.1, 0.15) is 26.2 Å². The van der Waals surface area contributed by atoms with Gasteiger partial charge in [-0.2, -0.15) is 0 Å². The number of ether oxygens (including phenoxy) is 1. The predicted molar refractivity (Wildman–Crippen MR) is 68.1 cm³/mol. The molecule has 0 bridgehead atoms. The number of rotatable bonds is 2. The highest BCUT2D eigenvalue weighted by molar-refractivity contribution is 5.70. The van der Waals surface area contributed by atoms with Crippen LogP contribution >= 0.6 is 0 Å². The lowest BCUT2D eigenvalue weighted by Gasteiger charge is -2.36. The van der Waals surface area contributed by atoms with E-state index in [1.807, 2.05) is 18.2 Å². The van der Waals surface area contributed by atoms with Crippen LogP contribution < -0.4 is 15.4 Å². The SMILES string of the molecule is COc1ccc(N)c(N2CCCCC2C)c1. The fourth-order valence-corrected chi connectivity index (χ4v) is 2.36. The lowest BCUT2D eigenvalue weighted by atomic mass is 10.0. The number of piperidine rings is 1. The minimum Gasteiger partial charge on any atom is -0.497 e. The van der Waals surface area contributed by atoms with Gasteiger partial charge in [0.25, 0.3) is 0 Å². The number of methoxy groups -OCH3 is 1. The van der Waals surface area contributed by atoms with Crippen LogP contribution in [0.3, 0.4) is 0 Å². The van der Waals surface area contributed by atoms with Crippen molar-refractivity contribution in [2.75, 3.05) is 24.3 Å². The summed E-state index contributed by atoms with van der Waals surface area (Å²) in [5.41, 5.74) is 8.00. The van der Waals surface area contributed by atoms with Crippen molar-refractivity contribution in [3.63, 3.8) is 0 Å². The van der Waals surface area contributed by atoms with Crippen molar-refractivity contribution in [2.45, 2.75) is 32.2 Å². The van der Waals surface area contributed by atoms with Crippen molar-refractivity contribution >= 4 is 11.4 Å². The van der Waals surface area contributed by atoms with Gasteiger partial charge >= 0.3 is 0 Å². The average Bonchev–Trinajstić information content (AvgIpc) is 2.31. The number of nitrogens with two attached hydrogens (primary N) is 1. The lowest BCUT2D eigenvalue weighted by Crippen LogP contribution is -2.37. The van der Waals surface area contributed by atoms with Gasteiger partial charge < -0.3 is 15.4 Å². The molecule has 1 aromatic rings. The predicted octanol–water partition coefficient (Wildman–Crippen LogP) is 2.66. The van der Waals surface area contributed by atoms with Crippen molar-refractivity contribution in [1.29, 1.82) is 0 Å². The number of nitrogens with zero attached hydrogens (tertiary/aromatic N) is 1. The summed E-state index contributed by atoms with van der Waals surface area (Å²) in [6.45, 7) is 3.36. The number of nitrogen functional groups attached to an aromatic ring is 1. The average molecular weight is 220 g/mol. The molecular formula is C13H20N2O. The molecule has 1 aliphatic rings. The van der Waals surface area contributed by atoms with Gasteiger partial charge in [-0.3, -0.25) is 0 Å². The van der Waals surface area contributed by atoms with Gasteiger partial charge in [-0.1, -0.05) is 0 Å². The second-order valence-corrected chi connectivity index (χ2v) is 4.46. The highest BCUT2D eigenvalue weighted by Gasteiger charge is 2.20. The molecule has 0 saturated carbocycles. The van der Waals surface area contributed by atoms with Gasteiger partial charge in [0, 0.05) is 18.7 Å². The van der Waals surface area contributed by atoms with Crippen LogP contribution in [0, 0.1) is 0 Å². The first-order valence-electron chi connectivity index (χ1n) is 5.92. The minimum atomic E-state index is 0.572. The Hall–Kier alpha value is -1.38. The van der Waals surface area contributed by atoms with Gasteiger partial charge in [0.05, 0.1) is 18.5 Å². The van der Waals surface area contributed by atoms with Crippen molar-refractivity contribution in [2.24, 2.45) is 0 Å². The van der Waals surface area contributed by atoms with Crippen LogP contribution in [0.2, 0.25) is 0 Å². The highest BCUT2D eigenvalue weighted by Crippen LogP contribution is 2.32. The van der Waals surface area contributed by atoms with E-state index in [0.717, 1.165) is 23.7 Å². The monoisotopic (exact) mass is 220 g/mol. The van der Waals surface area contributed by atoms with E-state index >= 15 is 0 Å². The zero-order chi connectivity index (χ0) is 11.5. The van der Waals surface area contributed by atoms with Gasteiger partial charge in [-0.25, -0.2) is 0 Å². The van der Waals surface area contributed by atoms with Crippen molar-refractivity contribution in [3.05, 3.63) is 18.2 Å². The Kier molecular flexibility index (Phi) is 3.22. The van der Waals surface area contributed by atoms with Gasteiger partial charge in [0.1, 0.15) is 5.75 Å². The standard InChI is InChI=1S/C13H20N2O/c1-10-5-3-4-8-15(10)13-9-11(16-2)6-7-12(13)14/h6-7,9-10H,3-5,8,14H2,1-2H3. The zero-order valence-electron chi connectivity index (χ0n) is 10.1. The van der Waals surface area contributed by atoms with Crippen LogP contribution in [0.15, 0.2) is 18.2 Å². The molecule has 1 aliphatic heterocycles. The summed E-state index contributed by atoms with van der Waals surface area (Å²) in [6, 6.07) is 6.45. The molecule has 1 saturated heterocycles. The first-order chi connectivity index (χ1) is 7.72. The largest absolute Gasteiger partial charge is 0.497 e. The molecule has 3 heteroatoms. The second kappa shape index (κ2) is 4.64. The van der Waals surface area contributed by atoms with E-state index in [-0.39, 0.29) is 0 Å². The van der Waals surface area contributed by atoms with E-state index in [1.54, 1.807) is 7.11 Å². The fraction of sp³-hybridized carbons (Fsp3) is 0.538. The third kappa shape index (κ3) is 2.08. The Bertz CT molecular complexity index is 365. The first-order valence-corrected chi connectivity index (χ1v) is 5.92. The zero-order valence-corrected chi connectivity index (χ0v) is 10.1. The maximum Gasteiger partial charge on any atom is 0.121 e. The van der Waals surface area contributed by atoms with Gasteiger partial charge in [0.2, 0.25) is 0 Å². The second-order valence-electron chi connectivity index (χ2n) is 4.46. The van der Waals surface area contributed by atoms with Crippen molar-refractivity contribution in [3.8, 4) is 5.75 Å². The highest BCUT2D eigenvalue weighted by atomic mass is 16.5. The molecule has 88 valence electrons. The molecule has 1 aromatic carbocycles. The molecule has 1 unspecified atom stereocenters. The van der Waals surface area contributed by atoms with Crippen LogP contribution in [0.4, 0.5) is 11.4 Å². The van der Waals surface area contributed by atoms with Gasteiger partial charge in [-0.05, 0) is 38.3 Å². The summed E-state index contributed by atoms with van der Waals surface area (Å²) in [5.74, 6) is 0.877. The molecule has 16 heavy (non-hydrogen) atoms. The number of hydrogen-bond acceptors (Lipinski definition) is 3. The van der Waals surface area contributed by atoms with Crippen LogP contribution in [0.25, 0.3) is 0 Å². The summed E-state index contributed by atoms with van der Waals surface area (Å²) in [5, 5.41) is 0. The number of anilines is 2. The van der Waals surface area contributed by atoms with Crippen LogP contribution in [-0.2, 0) is 0 Å². The Morgan fingerprint density at radius 1 is 1.38 bits per heavy atom. The Morgan fingerprint density at radius 2 is 2.19 bits per heavy atom. The molecule has 0 aromatic heterocycles. The van der Waals surface area contributed by atoms with Crippen LogP contribution in [0.5, 0.6) is 5.75 Å². The molecule has 1 heterocycles. The van der Waals surface area contributed by atoms with E-state index in [0.29, 0.717) is 6.04 Å². The number of benzene rings is 1. The molecule has 1 atom stereocenters. The lowest BCUT2D eigenvalue weighted by molar-refractivity contribution is 0.414. The third-order valence-electron chi connectivity index (χ3n) is 3.35. The van der Waals surface area contributed by atoms with E-state index in [9.17, 15) is 0 Å². The van der Waals surface area contributed by atoms with E-state index in [4.69, 9.17) is 10.5 Å². The molecular weight excluding hydrogens is 200 g/mol. The van der Waals surface area contributed by atoms with Gasteiger partial charge in [0.15, 0.2) is 0 Å². The van der Waals surface area contributed by atoms with Crippen molar-refractivity contribution < 1.29 is 4.74 Å². The van der Waals surface area contributed by atoms with E-state index in [2.05, 4.69) is 11.8 Å². The number of hydrogen-bond donors (Lipinski definition) is 1. The molecule has 0 spiro atoms. The van der Waals surface area contributed by atoms with Gasteiger partial charge in [-0.15, -0.1) is 0 Å². The molecule has 2 N–H and O–H groups in total. The first kappa shape index (κ1) is 11.1. The van der Waals surface area contributed by atoms with Crippen LogP contribution in [-0.4, -0.2) is 19.7 Å². The summed E-state index contributed by atoms with van der Waals surface area (Å²) in [6.07, 6.45) is 3.82. The minimum absolute atomic E-state index is 0.572. The third-order valence-corrected chi connectivity index (χ3v) is 3.35. The Balaban J connectivity index is 2.30. The van der Waals surface area contributed by atoms with E-state index < -0.39 is 0 Å². The molecule has 2 rings (SSSR count). The Labute approximate surface area is 97.2 Å². The maximum atomic E-state index is 6.04. The molecule has 0 amide bonds.